The van der Waals surface area contributed by atoms with Crippen molar-refractivity contribution in [3.05, 3.63) is 49.6 Å². The number of thiophene rings is 1. The zero-order valence-electron chi connectivity index (χ0n) is 8.95. The zero-order chi connectivity index (χ0) is 13.1. The standard InChI is InChI=1S/C12H7Cl3O2S/c13-7-2-1-3-8(4-7)17-6-10(16)9-5-11(14)18-12(9)15/h1-5H,6H2. The van der Waals surface area contributed by atoms with E-state index in [0.717, 1.165) is 11.3 Å². The first-order valence-electron chi connectivity index (χ1n) is 4.92. The first-order valence-corrected chi connectivity index (χ1v) is 6.87. The van der Waals surface area contributed by atoms with Crippen LogP contribution in [0.2, 0.25) is 13.7 Å². The van der Waals surface area contributed by atoms with E-state index in [1.54, 1.807) is 24.3 Å². The minimum Gasteiger partial charge on any atom is -0.485 e. The van der Waals surface area contributed by atoms with E-state index in [-0.39, 0.29) is 12.4 Å². The highest BCUT2D eigenvalue weighted by Crippen LogP contribution is 2.31. The molecule has 2 rings (SSSR count). The first-order chi connectivity index (χ1) is 8.56. The number of ketones is 1. The fourth-order valence-corrected chi connectivity index (χ4v) is 2.99. The minimum absolute atomic E-state index is 0.104. The van der Waals surface area contributed by atoms with E-state index in [0.29, 0.717) is 25.0 Å². The van der Waals surface area contributed by atoms with Crippen molar-refractivity contribution < 1.29 is 9.53 Å². The van der Waals surface area contributed by atoms with Gasteiger partial charge in [-0.1, -0.05) is 40.9 Å². The molecule has 2 nitrogen and oxygen atoms in total. The SMILES string of the molecule is O=C(COc1cccc(Cl)c1)c1cc(Cl)sc1Cl. The van der Waals surface area contributed by atoms with Gasteiger partial charge >= 0.3 is 0 Å². The summed E-state index contributed by atoms with van der Waals surface area (Å²) in [5.74, 6) is 0.316. The summed E-state index contributed by atoms with van der Waals surface area (Å²) in [6, 6.07) is 8.37. The van der Waals surface area contributed by atoms with Gasteiger partial charge in [0, 0.05) is 5.02 Å². The van der Waals surface area contributed by atoms with Crippen LogP contribution in [0.3, 0.4) is 0 Å². The molecular weight excluding hydrogens is 315 g/mol. The third-order valence-corrected chi connectivity index (χ3v) is 3.85. The summed E-state index contributed by atoms with van der Waals surface area (Å²) in [4.78, 5) is 11.8. The van der Waals surface area contributed by atoms with Crippen molar-refractivity contribution in [2.45, 2.75) is 0 Å². The monoisotopic (exact) mass is 320 g/mol. The maximum absolute atomic E-state index is 11.8. The number of benzene rings is 1. The second-order valence-corrected chi connectivity index (χ2v) is 6.13. The average Bonchev–Trinajstić information content (AvgIpc) is 2.66. The van der Waals surface area contributed by atoms with E-state index in [1.165, 1.54) is 6.07 Å². The zero-order valence-corrected chi connectivity index (χ0v) is 12.0. The largest absolute Gasteiger partial charge is 0.485 e. The van der Waals surface area contributed by atoms with Crippen molar-refractivity contribution in [3.63, 3.8) is 0 Å². The maximum Gasteiger partial charge on any atom is 0.202 e. The normalized spacial score (nSPS) is 10.4. The van der Waals surface area contributed by atoms with Gasteiger partial charge in [-0.25, -0.2) is 0 Å². The molecule has 0 N–H and O–H groups in total. The Kier molecular flexibility index (Phi) is 4.51. The van der Waals surface area contributed by atoms with Gasteiger partial charge in [-0.05, 0) is 24.3 Å². The molecule has 0 saturated heterocycles. The number of rotatable bonds is 4. The van der Waals surface area contributed by atoms with Gasteiger partial charge in [0.15, 0.2) is 6.61 Å². The van der Waals surface area contributed by atoms with E-state index in [4.69, 9.17) is 39.5 Å². The molecule has 1 aromatic heterocycles. The van der Waals surface area contributed by atoms with Gasteiger partial charge in [0.2, 0.25) is 5.78 Å². The Morgan fingerprint density at radius 1 is 1.22 bits per heavy atom. The summed E-state index contributed by atoms with van der Waals surface area (Å²) in [5, 5.41) is 0.552. The van der Waals surface area contributed by atoms with Gasteiger partial charge in [-0.3, -0.25) is 4.79 Å². The molecule has 0 aliphatic carbocycles. The Balaban J connectivity index is 2.03. The summed E-state index contributed by atoms with van der Waals surface area (Å²) in [5.41, 5.74) is 0.383. The lowest BCUT2D eigenvalue weighted by molar-refractivity contribution is 0.0922. The third kappa shape index (κ3) is 3.39. The molecular formula is C12H7Cl3O2S. The van der Waals surface area contributed by atoms with Gasteiger partial charge < -0.3 is 4.74 Å². The molecule has 0 fully saturated rings. The molecule has 94 valence electrons. The highest BCUT2D eigenvalue weighted by atomic mass is 35.5. The summed E-state index contributed by atoms with van der Waals surface area (Å²) >= 11 is 18.6. The van der Waals surface area contributed by atoms with Crippen LogP contribution in [-0.4, -0.2) is 12.4 Å². The highest BCUT2D eigenvalue weighted by molar-refractivity contribution is 7.20. The van der Waals surface area contributed by atoms with Crippen LogP contribution in [0.5, 0.6) is 5.75 Å². The number of Topliss-reactive ketones (excluding diaryl/α,β-unsaturated/α-hetero) is 1. The summed E-state index contributed by atoms with van der Waals surface area (Å²) in [6.07, 6.45) is 0. The van der Waals surface area contributed by atoms with Crippen LogP contribution in [0, 0.1) is 0 Å². The molecule has 0 unspecified atom stereocenters. The van der Waals surface area contributed by atoms with Crippen LogP contribution >= 0.6 is 46.1 Å². The van der Waals surface area contributed by atoms with Crippen molar-refractivity contribution in [1.29, 1.82) is 0 Å². The number of hydrogen-bond donors (Lipinski definition) is 0. The van der Waals surface area contributed by atoms with Gasteiger partial charge in [0.05, 0.1) is 9.90 Å². The van der Waals surface area contributed by atoms with Crippen molar-refractivity contribution in [2.75, 3.05) is 6.61 Å². The number of hydrogen-bond acceptors (Lipinski definition) is 3. The van der Waals surface area contributed by atoms with Gasteiger partial charge in [-0.2, -0.15) is 0 Å². The van der Waals surface area contributed by atoms with E-state index in [1.807, 2.05) is 0 Å². The Morgan fingerprint density at radius 3 is 2.61 bits per heavy atom. The molecule has 2 aromatic rings. The molecule has 1 aromatic carbocycles. The first kappa shape index (κ1) is 13.7. The molecule has 0 saturated carbocycles. The lowest BCUT2D eigenvalue weighted by Crippen LogP contribution is -2.11. The van der Waals surface area contributed by atoms with Gasteiger partial charge in [0.25, 0.3) is 0 Å². The average molecular weight is 322 g/mol. The summed E-state index contributed by atoms with van der Waals surface area (Å²) in [7, 11) is 0. The molecule has 0 aliphatic heterocycles. The van der Waals surface area contributed by atoms with E-state index in [2.05, 4.69) is 0 Å². The Hall–Kier alpha value is -0.740. The quantitative estimate of drug-likeness (QED) is 0.743. The smallest absolute Gasteiger partial charge is 0.202 e. The fourth-order valence-electron chi connectivity index (χ4n) is 1.31. The molecule has 1 heterocycles. The van der Waals surface area contributed by atoms with Crippen molar-refractivity contribution in [2.24, 2.45) is 0 Å². The highest BCUT2D eigenvalue weighted by Gasteiger charge is 2.14. The van der Waals surface area contributed by atoms with E-state index in [9.17, 15) is 4.79 Å². The molecule has 0 bridgehead atoms. The molecule has 0 atom stereocenters. The number of carbonyl (C=O) groups is 1. The third-order valence-electron chi connectivity index (χ3n) is 2.12. The second kappa shape index (κ2) is 5.93. The lowest BCUT2D eigenvalue weighted by Gasteiger charge is -2.05. The molecule has 0 aliphatic rings. The van der Waals surface area contributed by atoms with E-state index >= 15 is 0 Å². The minimum atomic E-state index is -0.219. The topological polar surface area (TPSA) is 26.3 Å². The van der Waals surface area contributed by atoms with Crippen LogP contribution in [-0.2, 0) is 0 Å². The van der Waals surface area contributed by atoms with Crippen molar-refractivity contribution in [3.8, 4) is 5.75 Å². The molecule has 18 heavy (non-hydrogen) atoms. The van der Waals surface area contributed by atoms with Gasteiger partial charge in [0.1, 0.15) is 10.1 Å². The number of halogens is 3. The number of ether oxygens (including phenoxy) is 1. The summed E-state index contributed by atoms with van der Waals surface area (Å²) < 4.78 is 6.19. The molecule has 6 heteroatoms. The van der Waals surface area contributed by atoms with Crippen molar-refractivity contribution in [1.82, 2.24) is 0 Å². The Morgan fingerprint density at radius 2 is 2.00 bits per heavy atom. The summed E-state index contributed by atoms with van der Waals surface area (Å²) in [6.45, 7) is -0.104. The van der Waals surface area contributed by atoms with E-state index < -0.39 is 0 Å². The molecule has 0 radical (unpaired) electrons. The van der Waals surface area contributed by atoms with Crippen molar-refractivity contribution >= 4 is 51.9 Å². The Bertz CT molecular complexity index is 580. The lowest BCUT2D eigenvalue weighted by atomic mass is 10.2. The fraction of sp³-hybridized carbons (Fsp3) is 0.0833. The second-order valence-electron chi connectivity index (χ2n) is 3.41. The van der Waals surface area contributed by atoms with Crippen LogP contribution in [0.25, 0.3) is 0 Å². The molecule has 0 amide bonds. The predicted molar refractivity (Wildman–Crippen MR) is 75.6 cm³/mol. The van der Waals surface area contributed by atoms with Crippen LogP contribution in [0.15, 0.2) is 30.3 Å². The van der Waals surface area contributed by atoms with Crippen LogP contribution in [0.1, 0.15) is 10.4 Å². The van der Waals surface area contributed by atoms with Crippen LogP contribution in [0.4, 0.5) is 0 Å². The maximum atomic E-state index is 11.8. The number of carbonyl (C=O) groups excluding carboxylic acids is 1. The van der Waals surface area contributed by atoms with Gasteiger partial charge in [-0.15, -0.1) is 11.3 Å². The van der Waals surface area contributed by atoms with Crippen LogP contribution < -0.4 is 4.74 Å². The predicted octanol–water partition coefficient (Wildman–Crippen LogP) is 4.97. The Labute approximate surface area is 123 Å². The molecule has 0 spiro atoms.